The molecule has 1 aromatic carbocycles. The topological polar surface area (TPSA) is 136 Å². The molecule has 0 spiro atoms. The molecule has 0 N–H and O–H groups in total. The minimum Gasteiger partial charge on any atom is -0.301 e. The van der Waals surface area contributed by atoms with E-state index in [0.29, 0.717) is 12.4 Å². The summed E-state index contributed by atoms with van der Waals surface area (Å²) in [6.07, 6.45) is -1.46. The molecular weight excluding hydrogens is 547 g/mol. The Morgan fingerprint density at radius 1 is 1.18 bits per heavy atom. The molecule has 15 heteroatoms. The molecule has 0 radical (unpaired) electrons. The van der Waals surface area contributed by atoms with E-state index in [0.717, 1.165) is 11.2 Å². The van der Waals surface area contributed by atoms with E-state index in [1.165, 1.54) is 36.5 Å². The first-order chi connectivity index (χ1) is 15.8. The molecule has 0 bridgehead atoms. The molecule has 10 nitrogen and oxygen atoms in total. The lowest BCUT2D eigenvalue weighted by molar-refractivity contribution is -0.385. The summed E-state index contributed by atoms with van der Waals surface area (Å²) < 4.78 is 63.1. The maximum atomic E-state index is 13.3. The van der Waals surface area contributed by atoms with E-state index in [4.69, 9.17) is 0 Å². The SMILES string of the molecule is CS(=O)(=O)c1ncccc1N(Cc1ccc(Br)c([N+](=O)[O-])c1)C(=O)c1cnc(C(F)(F)F)nc1. The van der Waals surface area contributed by atoms with Crippen molar-refractivity contribution in [3.8, 4) is 0 Å². The molecule has 178 valence electrons. The van der Waals surface area contributed by atoms with Gasteiger partial charge in [-0.05, 0) is 39.7 Å². The van der Waals surface area contributed by atoms with Gasteiger partial charge >= 0.3 is 6.18 Å². The van der Waals surface area contributed by atoms with Crippen molar-refractivity contribution in [2.24, 2.45) is 0 Å². The maximum absolute atomic E-state index is 13.3. The minimum absolute atomic E-state index is 0.175. The third-order valence-electron chi connectivity index (χ3n) is 4.34. The van der Waals surface area contributed by atoms with Gasteiger partial charge in [0.25, 0.3) is 11.6 Å². The summed E-state index contributed by atoms with van der Waals surface area (Å²) in [7, 11) is -3.94. The first-order valence-corrected chi connectivity index (χ1v) is 11.8. The number of alkyl halides is 3. The average Bonchev–Trinajstić information content (AvgIpc) is 2.77. The molecule has 3 aromatic rings. The van der Waals surface area contributed by atoms with Gasteiger partial charge in [0, 0.05) is 30.9 Å². The normalized spacial score (nSPS) is 11.8. The van der Waals surface area contributed by atoms with Gasteiger partial charge in [-0.2, -0.15) is 13.2 Å². The fraction of sp³-hybridized carbons (Fsp3) is 0.158. The van der Waals surface area contributed by atoms with Crippen molar-refractivity contribution in [3.05, 3.63) is 80.5 Å². The molecule has 0 atom stereocenters. The van der Waals surface area contributed by atoms with Crippen molar-refractivity contribution in [2.45, 2.75) is 17.7 Å². The van der Waals surface area contributed by atoms with E-state index in [1.54, 1.807) is 0 Å². The number of amides is 1. The lowest BCUT2D eigenvalue weighted by atomic mass is 10.1. The van der Waals surface area contributed by atoms with Gasteiger partial charge in [-0.3, -0.25) is 14.9 Å². The van der Waals surface area contributed by atoms with Crippen LogP contribution in [-0.4, -0.2) is 40.5 Å². The Morgan fingerprint density at radius 2 is 1.82 bits per heavy atom. The number of sulfone groups is 1. The number of aromatic nitrogens is 3. The number of nitro groups is 1. The Hall–Kier alpha value is -3.46. The number of rotatable bonds is 6. The highest BCUT2D eigenvalue weighted by molar-refractivity contribution is 9.10. The molecule has 3 rings (SSSR count). The third kappa shape index (κ3) is 5.53. The first-order valence-electron chi connectivity index (χ1n) is 9.08. The van der Waals surface area contributed by atoms with Crippen LogP contribution in [-0.2, 0) is 22.6 Å². The zero-order valence-corrected chi connectivity index (χ0v) is 19.4. The number of hydrogen-bond donors (Lipinski definition) is 0. The second kappa shape index (κ2) is 9.42. The smallest absolute Gasteiger partial charge is 0.301 e. The molecule has 0 aliphatic carbocycles. The van der Waals surface area contributed by atoms with E-state index in [9.17, 15) is 36.5 Å². The minimum atomic E-state index is -4.83. The number of nitrogens with zero attached hydrogens (tertiary/aromatic N) is 5. The van der Waals surface area contributed by atoms with Gasteiger partial charge in [0.1, 0.15) is 0 Å². The molecule has 1 amide bonds. The van der Waals surface area contributed by atoms with Crippen LogP contribution in [0.25, 0.3) is 0 Å². The lowest BCUT2D eigenvalue weighted by Crippen LogP contribution is -2.32. The van der Waals surface area contributed by atoms with Gasteiger partial charge in [0.05, 0.1) is 27.2 Å². The van der Waals surface area contributed by atoms with Gasteiger partial charge in [0.2, 0.25) is 5.82 Å². The summed E-state index contributed by atoms with van der Waals surface area (Å²) in [5.74, 6) is -2.41. The number of carbonyl (C=O) groups is 1. The summed E-state index contributed by atoms with van der Waals surface area (Å²) in [6, 6.07) is 6.64. The summed E-state index contributed by atoms with van der Waals surface area (Å²) in [6.45, 7) is -0.373. The summed E-state index contributed by atoms with van der Waals surface area (Å²) in [5, 5.41) is 10.8. The van der Waals surface area contributed by atoms with E-state index >= 15 is 0 Å². The Morgan fingerprint density at radius 3 is 2.38 bits per heavy atom. The van der Waals surface area contributed by atoms with Crippen LogP contribution in [0.15, 0.2) is 58.4 Å². The Labute approximate surface area is 198 Å². The van der Waals surface area contributed by atoms with Crippen molar-refractivity contribution in [3.63, 3.8) is 0 Å². The molecule has 0 aliphatic rings. The largest absolute Gasteiger partial charge is 0.451 e. The standard InChI is InChI=1S/C19H13BrF3N5O5S/c1-34(32,33)16-14(3-2-6-24-16)27(10-11-4-5-13(20)15(7-11)28(30)31)17(29)12-8-25-18(26-9-12)19(21,22)23/h2-9H,10H2,1H3. The molecule has 0 aliphatic heterocycles. The van der Waals surface area contributed by atoms with Crippen molar-refractivity contribution < 1.29 is 31.3 Å². The predicted molar refractivity (Wildman–Crippen MR) is 116 cm³/mol. The Kier molecular flexibility index (Phi) is 6.97. The molecule has 0 unspecified atom stereocenters. The summed E-state index contributed by atoms with van der Waals surface area (Å²) >= 11 is 3.05. The number of benzene rings is 1. The van der Waals surface area contributed by atoms with Crippen LogP contribution in [0, 0.1) is 10.1 Å². The van der Waals surface area contributed by atoms with Crippen molar-refractivity contribution >= 4 is 43.0 Å². The fourth-order valence-corrected chi connectivity index (χ4v) is 4.06. The van der Waals surface area contributed by atoms with Gasteiger partial charge in [-0.25, -0.2) is 23.4 Å². The van der Waals surface area contributed by atoms with Gasteiger partial charge in [0.15, 0.2) is 14.9 Å². The van der Waals surface area contributed by atoms with E-state index in [1.807, 2.05) is 0 Å². The average molecular weight is 560 g/mol. The maximum Gasteiger partial charge on any atom is 0.451 e. The number of nitro benzene ring substituents is 1. The Balaban J connectivity index is 2.13. The highest BCUT2D eigenvalue weighted by Crippen LogP contribution is 2.30. The molecule has 0 saturated heterocycles. The number of hydrogen-bond acceptors (Lipinski definition) is 8. The number of pyridine rings is 1. The zero-order chi connectivity index (χ0) is 25.3. The van der Waals surface area contributed by atoms with Crippen LogP contribution in [0.4, 0.5) is 24.5 Å². The number of halogens is 4. The monoisotopic (exact) mass is 559 g/mol. The third-order valence-corrected chi connectivity index (χ3v) is 6.03. The van der Waals surface area contributed by atoms with Crippen molar-refractivity contribution in [2.75, 3.05) is 11.2 Å². The lowest BCUT2D eigenvalue weighted by Gasteiger charge is -2.24. The highest BCUT2D eigenvalue weighted by Gasteiger charge is 2.35. The van der Waals surface area contributed by atoms with Crippen LogP contribution in [0.3, 0.4) is 0 Å². The van der Waals surface area contributed by atoms with Crippen molar-refractivity contribution in [1.82, 2.24) is 15.0 Å². The van der Waals surface area contributed by atoms with Gasteiger partial charge in [-0.15, -0.1) is 0 Å². The van der Waals surface area contributed by atoms with E-state index in [-0.39, 0.29) is 33.5 Å². The second-order valence-electron chi connectivity index (χ2n) is 6.83. The van der Waals surface area contributed by atoms with Gasteiger partial charge in [-0.1, -0.05) is 6.07 Å². The first kappa shape index (κ1) is 25.2. The number of anilines is 1. The molecule has 0 fully saturated rings. The van der Waals surface area contributed by atoms with E-state index < -0.39 is 37.7 Å². The van der Waals surface area contributed by atoms with E-state index in [2.05, 4.69) is 30.9 Å². The fourth-order valence-electron chi connectivity index (χ4n) is 2.86. The molecule has 0 saturated carbocycles. The van der Waals surface area contributed by atoms with Crippen LogP contribution in [0.2, 0.25) is 0 Å². The number of carbonyl (C=O) groups excluding carboxylic acids is 1. The summed E-state index contributed by atoms with van der Waals surface area (Å²) in [4.78, 5) is 35.0. The molecule has 2 heterocycles. The molecule has 2 aromatic heterocycles. The van der Waals surface area contributed by atoms with Crippen LogP contribution >= 0.6 is 15.9 Å². The molecule has 34 heavy (non-hydrogen) atoms. The highest BCUT2D eigenvalue weighted by atomic mass is 79.9. The molecular formula is C19H13BrF3N5O5S. The quantitative estimate of drug-likeness (QED) is 0.328. The van der Waals surface area contributed by atoms with Crippen LogP contribution < -0.4 is 4.90 Å². The van der Waals surface area contributed by atoms with Crippen molar-refractivity contribution in [1.29, 1.82) is 0 Å². The second-order valence-corrected chi connectivity index (χ2v) is 9.61. The van der Waals surface area contributed by atoms with Gasteiger partial charge < -0.3 is 4.90 Å². The van der Waals surface area contributed by atoms with Crippen LogP contribution in [0.5, 0.6) is 0 Å². The van der Waals surface area contributed by atoms with Crippen LogP contribution in [0.1, 0.15) is 21.7 Å². The summed E-state index contributed by atoms with van der Waals surface area (Å²) in [5.41, 5.74) is -0.625. The Bertz CT molecular complexity index is 1370. The zero-order valence-electron chi connectivity index (χ0n) is 17.0. The predicted octanol–water partition coefficient (Wildman–Crippen LogP) is 3.81.